The fraction of sp³-hybridized carbons (Fsp3) is 0.524. The van der Waals surface area contributed by atoms with Gasteiger partial charge in [-0.15, -0.1) is 24.0 Å². The summed E-state index contributed by atoms with van der Waals surface area (Å²) in [6.45, 7) is 7.09. The van der Waals surface area contributed by atoms with Gasteiger partial charge in [-0.1, -0.05) is 18.2 Å². The van der Waals surface area contributed by atoms with E-state index in [9.17, 15) is 13.2 Å². The Kier molecular flexibility index (Phi) is 11.3. The summed E-state index contributed by atoms with van der Waals surface area (Å²) < 4.78 is 39.1. The Bertz CT molecular complexity index is 835. The monoisotopic (exact) mass is 552 g/mol. The van der Waals surface area contributed by atoms with Gasteiger partial charge >= 0.3 is 6.18 Å². The minimum Gasteiger partial charge on any atom is -0.357 e. The number of halogens is 4. The van der Waals surface area contributed by atoms with Crippen molar-refractivity contribution in [3.05, 3.63) is 47.3 Å². The van der Waals surface area contributed by atoms with Gasteiger partial charge in [-0.05, 0) is 58.5 Å². The van der Waals surface area contributed by atoms with E-state index in [1.165, 1.54) is 11.9 Å². The SMILES string of the molecule is CCNC(=NCc1ccccc1-n1nc(C)cc1C)NCCCN(C)CC(F)(F)F.I. The summed E-state index contributed by atoms with van der Waals surface area (Å²) in [6, 6.07) is 10.0. The van der Waals surface area contributed by atoms with E-state index in [0.717, 1.165) is 22.6 Å². The van der Waals surface area contributed by atoms with E-state index in [2.05, 4.69) is 20.7 Å². The summed E-state index contributed by atoms with van der Waals surface area (Å²) in [5.41, 5.74) is 4.02. The minimum absolute atomic E-state index is 0. The summed E-state index contributed by atoms with van der Waals surface area (Å²) in [7, 11) is 1.47. The fourth-order valence-electron chi connectivity index (χ4n) is 3.17. The molecule has 1 heterocycles. The number of alkyl halides is 3. The molecule has 0 aliphatic heterocycles. The first-order valence-electron chi connectivity index (χ1n) is 10.1. The highest BCUT2D eigenvalue weighted by Crippen LogP contribution is 2.18. The van der Waals surface area contributed by atoms with Crippen molar-refractivity contribution in [1.29, 1.82) is 0 Å². The van der Waals surface area contributed by atoms with Gasteiger partial charge in [0.25, 0.3) is 0 Å². The lowest BCUT2D eigenvalue weighted by molar-refractivity contribution is -0.143. The lowest BCUT2D eigenvalue weighted by atomic mass is 10.2. The molecule has 174 valence electrons. The lowest BCUT2D eigenvalue weighted by Crippen LogP contribution is -2.39. The smallest absolute Gasteiger partial charge is 0.357 e. The third-order valence-corrected chi connectivity index (χ3v) is 4.44. The van der Waals surface area contributed by atoms with E-state index < -0.39 is 12.7 Å². The van der Waals surface area contributed by atoms with Crippen LogP contribution in [0.5, 0.6) is 0 Å². The molecule has 1 aromatic heterocycles. The first-order valence-corrected chi connectivity index (χ1v) is 10.1. The number of rotatable bonds is 9. The topological polar surface area (TPSA) is 57.5 Å². The van der Waals surface area contributed by atoms with Crippen LogP contribution in [0.1, 0.15) is 30.3 Å². The Morgan fingerprint density at radius 1 is 1.19 bits per heavy atom. The lowest BCUT2D eigenvalue weighted by Gasteiger charge is -2.19. The maximum absolute atomic E-state index is 12.4. The summed E-state index contributed by atoms with van der Waals surface area (Å²) in [4.78, 5) is 5.92. The molecule has 0 amide bonds. The normalized spacial score (nSPS) is 12.1. The van der Waals surface area contributed by atoms with E-state index in [1.807, 2.05) is 55.8 Å². The highest BCUT2D eigenvalue weighted by atomic mass is 127. The van der Waals surface area contributed by atoms with Crippen LogP contribution in [-0.2, 0) is 6.54 Å². The summed E-state index contributed by atoms with van der Waals surface area (Å²) in [5, 5.41) is 10.9. The zero-order valence-electron chi connectivity index (χ0n) is 18.5. The number of hydrogen-bond acceptors (Lipinski definition) is 3. The van der Waals surface area contributed by atoms with Crippen LogP contribution in [0.2, 0.25) is 0 Å². The number of hydrogen-bond donors (Lipinski definition) is 2. The van der Waals surface area contributed by atoms with Crippen LogP contribution >= 0.6 is 24.0 Å². The third kappa shape index (κ3) is 9.46. The van der Waals surface area contributed by atoms with Crippen molar-refractivity contribution in [3.63, 3.8) is 0 Å². The average Bonchev–Trinajstić information content (AvgIpc) is 3.00. The molecule has 0 saturated carbocycles. The van der Waals surface area contributed by atoms with Crippen molar-refractivity contribution in [2.24, 2.45) is 4.99 Å². The molecule has 0 saturated heterocycles. The third-order valence-electron chi connectivity index (χ3n) is 4.44. The Morgan fingerprint density at radius 3 is 2.52 bits per heavy atom. The molecular weight excluding hydrogens is 520 g/mol. The van der Waals surface area contributed by atoms with Crippen LogP contribution < -0.4 is 10.6 Å². The maximum atomic E-state index is 12.4. The molecule has 0 atom stereocenters. The second kappa shape index (κ2) is 12.9. The van der Waals surface area contributed by atoms with Gasteiger partial charge in [0.15, 0.2) is 5.96 Å². The van der Waals surface area contributed by atoms with Crippen molar-refractivity contribution in [1.82, 2.24) is 25.3 Å². The summed E-state index contributed by atoms with van der Waals surface area (Å²) in [5.74, 6) is 0.638. The predicted octanol–water partition coefficient (Wildman–Crippen LogP) is 4.05. The Morgan fingerprint density at radius 2 is 1.90 bits per heavy atom. The first-order chi connectivity index (χ1) is 14.2. The Hall–Kier alpha value is -1.82. The molecule has 2 N–H and O–H groups in total. The molecule has 2 aromatic rings. The van der Waals surface area contributed by atoms with Gasteiger partial charge in [-0.3, -0.25) is 4.90 Å². The predicted molar refractivity (Wildman–Crippen MR) is 129 cm³/mol. The van der Waals surface area contributed by atoms with E-state index in [1.54, 1.807) is 0 Å². The van der Waals surface area contributed by atoms with Crippen LogP contribution in [0.25, 0.3) is 5.69 Å². The van der Waals surface area contributed by atoms with E-state index in [0.29, 0.717) is 38.6 Å². The molecule has 0 spiro atoms. The van der Waals surface area contributed by atoms with Gasteiger partial charge in [0.2, 0.25) is 0 Å². The fourth-order valence-corrected chi connectivity index (χ4v) is 3.17. The molecule has 0 fully saturated rings. The van der Waals surface area contributed by atoms with Crippen molar-refractivity contribution in [2.75, 3.05) is 33.2 Å². The molecule has 6 nitrogen and oxygen atoms in total. The first kappa shape index (κ1) is 27.2. The van der Waals surface area contributed by atoms with Gasteiger partial charge in [0.05, 0.1) is 24.5 Å². The molecule has 2 rings (SSSR count). The van der Waals surface area contributed by atoms with E-state index >= 15 is 0 Å². The molecule has 1 aromatic carbocycles. The van der Waals surface area contributed by atoms with Crippen molar-refractivity contribution in [2.45, 2.75) is 39.9 Å². The number of nitrogens with zero attached hydrogens (tertiary/aromatic N) is 4. The molecule has 10 heteroatoms. The molecule has 0 aliphatic carbocycles. The second-order valence-corrected chi connectivity index (χ2v) is 7.30. The second-order valence-electron chi connectivity index (χ2n) is 7.30. The number of nitrogens with one attached hydrogen (secondary N) is 2. The Labute approximate surface area is 199 Å². The van der Waals surface area contributed by atoms with Crippen LogP contribution in [0, 0.1) is 13.8 Å². The van der Waals surface area contributed by atoms with Crippen molar-refractivity contribution >= 4 is 29.9 Å². The summed E-state index contributed by atoms with van der Waals surface area (Å²) in [6.07, 6.45) is -3.59. The Balaban J connectivity index is 0.00000480. The van der Waals surface area contributed by atoms with Crippen LogP contribution in [-0.4, -0.2) is 60.0 Å². The largest absolute Gasteiger partial charge is 0.401 e. The van der Waals surface area contributed by atoms with Gasteiger partial charge < -0.3 is 10.6 Å². The number of guanidine groups is 1. The molecule has 0 aliphatic rings. The molecule has 31 heavy (non-hydrogen) atoms. The van der Waals surface area contributed by atoms with Crippen molar-refractivity contribution < 1.29 is 13.2 Å². The molecule has 0 bridgehead atoms. The minimum atomic E-state index is -4.17. The quantitative estimate of drug-likeness (QED) is 0.214. The molecular formula is C21H32F3IN6. The van der Waals surface area contributed by atoms with Gasteiger partial charge in [0.1, 0.15) is 0 Å². The number of para-hydroxylation sites is 1. The van der Waals surface area contributed by atoms with Crippen LogP contribution in [0.3, 0.4) is 0 Å². The number of aromatic nitrogens is 2. The van der Waals surface area contributed by atoms with Crippen molar-refractivity contribution in [3.8, 4) is 5.69 Å². The number of aryl methyl sites for hydroxylation is 2. The standard InChI is InChI=1S/C21H31F3N6.HI/c1-5-25-20(26-11-8-12-29(4)15-21(22,23)24)27-14-18-9-6-7-10-19(18)30-17(3)13-16(2)28-30;/h6-7,9-10,13H,5,8,11-12,14-15H2,1-4H3,(H2,25,26,27);1H. The van der Waals surface area contributed by atoms with Crippen LogP contribution in [0.4, 0.5) is 13.2 Å². The van der Waals surface area contributed by atoms with E-state index in [-0.39, 0.29) is 24.0 Å². The van der Waals surface area contributed by atoms with Crippen LogP contribution in [0.15, 0.2) is 35.3 Å². The number of aliphatic imine (C=N–C) groups is 1. The average molecular weight is 552 g/mol. The summed E-state index contributed by atoms with van der Waals surface area (Å²) >= 11 is 0. The molecule has 0 radical (unpaired) electrons. The zero-order chi connectivity index (χ0) is 22.1. The highest BCUT2D eigenvalue weighted by molar-refractivity contribution is 14.0. The van der Waals surface area contributed by atoms with Gasteiger partial charge in [-0.25, -0.2) is 9.67 Å². The number of benzene rings is 1. The maximum Gasteiger partial charge on any atom is 0.401 e. The zero-order valence-corrected chi connectivity index (χ0v) is 20.8. The van der Waals surface area contributed by atoms with E-state index in [4.69, 9.17) is 0 Å². The highest BCUT2D eigenvalue weighted by Gasteiger charge is 2.28. The van der Waals surface area contributed by atoms with Gasteiger partial charge in [-0.2, -0.15) is 18.3 Å². The van der Waals surface area contributed by atoms with Gasteiger partial charge in [0, 0.05) is 18.8 Å². The molecule has 0 unspecified atom stereocenters.